The van der Waals surface area contributed by atoms with E-state index in [-0.39, 0.29) is 35.5 Å². The molecule has 5 rings (SSSR count). The van der Waals surface area contributed by atoms with Crippen molar-refractivity contribution in [3.63, 3.8) is 0 Å². The molecule has 2 saturated carbocycles. The Morgan fingerprint density at radius 1 is 1.21 bits per heavy atom. The molecule has 0 aromatic carbocycles. The second-order valence-electron chi connectivity index (χ2n) is 6.22. The van der Waals surface area contributed by atoms with Crippen LogP contribution in [0.2, 0.25) is 0 Å². The Labute approximate surface area is 110 Å². The van der Waals surface area contributed by atoms with E-state index in [0.29, 0.717) is 11.8 Å². The Morgan fingerprint density at radius 2 is 1.68 bits per heavy atom. The molecule has 5 nitrogen and oxygen atoms in total. The zero-order chi connectivity index (χ0) is 13.5. The summed E-state index contributed by atoms with van der Waals surface area (Å²) in [7, 11) is 0. The molecular formula is C14H15NO4. The lowest BCUT2D eigenvalue weighted by Crippen LogP contribution is -2.43. The van der Waals surface area contributed by atoms with Gasteiger partial charge in [-0.25, -0.2) is 4.79 Å². The number of aliphatic carboxylic acids is 1. The Morgan fingerprint density at radius 3 is 2.11 bits per heavy atom. The van der Waals surface area contributed by atoms with Gasteiger partial charge in [0.2, 0.25) is 11.8 Å². The number of carbonyl (C=O) groups excluding carboxylic acids is 2. The molecular weight excluding hydrogens is 246 g/mol. The van der Waals surface area contributed by atoms with Crippen molar-refractivity contribution in [3.8, 4) is 0 Å². The van der Waals surface area contributed by atoms with Gasteiger partial charge in [-0.1, -0.05) is 12.2 Å². The lowest BCUT2D eigenvalue weighted by atomic mass is 9.63. The van der Waals surface area contributed by atoms with Gasteiger partial charge in [0.25, 0.3) is 0 Å². The first-order valence-electron chi connectivity index (χ1n) is 6.80. The van der Waals surface area contributed by atoms with Crippen LogP contribution in [0.4, 0.5) is 0 Å². The molecule has 2 amide bonds. The molecule has 1 aliphatic heterocycles. The van der Waals surface area contributed by atoms with E-state index in [4.69, 9.17) is 5.11 Å². The van der Waals surface area contributed by atoms with Gasteiger partial charge >= 0.3 is 5.97 Å². The average Bonchev–Trinajstić information content (AvgIpc) is 3.14. The molecule has 5 aliphatic rings. The van der Waals surface area contributed by atoms with Crippen LogP contribution in [-0.2, 0) is 14.4 Å². The maximum atomic E-state index is 12.5. The third-order valence-electron chi connectivity index (χ3n) is 5.44. The second kappa shape index (κ2) is 3.26. The van der Waals surface area contributed by atoms with Crippen LogP contribution in [-0.4, -0.2) is 33.8 Å². The van der Waals surface area contributed by atoms with Crippen LogP contribution in [0, 0.1) is 35.5 Å². The van der Waals surface area contributed by atoms with E-state index in [1.54, 1.807) is 0 Å². The van der Waals surface area contributed by atoms with Gasteiger partial charge in [-0.2, -0.15) is 0 Å². The lowest BCUT2D eigenvalue weighted by molar-refractivity contribution is -0.154. The SMILES string of the molecule is C[C@@H](C(=O)O)N1C(=O)[C@H]2[C@@H]3C=C[C@H]([C@H]4C[C@H]34)[C@@H]2C1=O. The van der Waals surface area contributed by atoms with Gasteiger partial charge in [-0.15, -0.1) is 0 Å². The number of carboxylic acids is 1. The number of hydrogen-bond acceptors (Lipinski definition) is 3. The van der Waals surface area contributed by atoms with Crippen molar-refractivity contribution in [2.24, 2.45) is 35.5 Å². The largest absolute Gasteiger partial charge is 0.480 e. The highest BCUT2D eigenvalue weighted by atomic mass is 16.4. The van der Waals surface area contributed by atoms with Crippen molar-refractivity contribution >= 4 is 17.8 Å². The van der Waals surface area contributed by atoms with Crippen LogP contribution in [0.3, 0.4) is 0 Å². The number of amides is 2. The highest BCUT2D eigenvalue weighted by Gasteiger charge is 2.67. The van der Waals surface area contributed by atoms with Crippen LogP contribution in [0.1, 0.15) is 13.3 Å². The zero-order valence-electron chi connectivity index (χ0n) is 10.5. The summed E-state index contributed by atoms with van der Waals surface area (Å²) < 4.78 is 0. The first-order valence-corrected chi connectivity index (χ1v) is 6.80. The monoisotopic (exact) mass is 261 g/mol. The fraction of sp³-hybridized carbons (Fsp3) is 0.643. The maximum absolute atomic E-state index is 12.5. The molecule has 19 heavy (non-hydrogen) atoms. The van der Waals surface area contributed by atoms with Crippen molar-refractivity contribution in [1.29, 1.82) is 0 Å². The minimum atomic E-state index is -1.12. The summed E-state index contributed by atoms with van der Waals surface area (Å²) in [5.41, 5.74) is 0. The Kier molecular flexibility index (Phi) is 1.92. The average molecular weight is 261 g/mol. The summed E-state index contributed by atoms with van der Waals surface area (Å²) in [6.07, 6.45) is 5.28. The zero-order valence-corrected chi connectivity index (χ0v) is 10.5. The number of likely N-dealkylation sites (tertiary alicyclic amines) is 1. The van der Waals surface area contributed by atoms with Gasteiger partial charge in [0.15, 0.2) is 0 Å². The molecule has 0 radical (unpaired) electrons. The van der Waals surface area contributed by atoms with Crippen LogP contribution < -0.4 is 0 Å². The highest BCUT2D eigenvalue weighted by molar-refractivity contribution is 6.08. The second-order valence-corrected chi connectivity index (χ2v) is 6.22. The predicted molar refractivity (Wildman–Crippen MR) is 63.6 cm³/mol. The van der Waals surface area contributed by atoms with Crippen molar-refractivity contribution in [3.05, 3.63) is 12.2 Å². The van der Waals surface area contributed by atoms with Gasteiger partial charge < -0.3 is 5.11 Å². The molecule has 3 fully saturated rings. The topological polar surface area (TPSA) is 74.7 Å². The van der Waals surface area contributed by atoms with E-state index < -0.39 is 12.0 Å². The summed E-state index contributed by atoms with van der Waals surface area (Å²) in [5, 5.41) is 9.06. The summed E-state index contributed by atoms with van der Waals surface area (Å²) >= 11 is 0. The maximum Gasteiger partial charge on any atom is 0.326 e. The molecule has 1 N–H and O–H groups in total. The number of imide groups is 1. The predicted octanol–water partition coefficient (Wildman–Crippen LogP) is 0.513. The van der Waals surface area contributed by atoms with Gasteiger partial charge in [-0.3, -0.25) is 14.5 Å². The molecule has 1 saturated heterocycles. The quantitative estimate of drug-likeness (QED) is 0.580. The number of carboxylic acid groups (broad SMARTS) is 1. The van der Waals surface area contributed by atoms with Crippen LogP contribution in [0.5, 0.6) is 0 Å². The smallest absolute Gasteiger partial charge is 0.326 e. The molecule has 2 bridgehead atoms. The fourth-order valence-electron chi connectivity index (χ4n) is 4.47. The van der Waals surface area contributed by atoms with Crippen LogP contribution in [0.25, 0.3) is 0 Å². The van der Waals surface area contributed by atoms with Gasteiger partial charge in [-0.05, 0) is 37.0 Å². The Hall–Kier alpha value is -1.65. The first-order chi connectivity index (χ1) is 9.02. The number of nitrogens with zero attached hydrogens (tertiary/aromatic N) is 1. The molecule has 0 aromatic heterocycles. The minimum absolute atomic E-state index is 0.155. The highest BCUT2D eigenvalue weighted by Crippen LogP contribution is 2.65. The normalized spacial score (nSPS) is 47.1. The molecule has 0 aromatic rings. The standard InChI is InChI=1S/C14H15NO4/c1-5(14(18)19)15-12(16)10-6-2-3-7(9-4-8(6)9)11(10)13(15)17/h2-3,5-11H,4H2,1H3,(H,18,19)/t5-,6+,7+,8+,9+,10-,11-/m0/s1. The van der Waals surface area contributed by atoms with E-state index >= 15 is 0 Å². The van der Waals surface area contributed by atoms with Crippen molar-refractivity contribution in [2.45, 2.75) is 19.4 Å². The number of allylic oxidation sites excluding steroid dienone is 2. The third kappa shape index (κ3) is 1.18. The number of hydrogen-bond donors (Lipinski definition) is 1. The summed E-state index contributed by atoms with van der Waals surface area (Å²) in [5.74, 6) is -0.845. The van der Waals surface area contributed by atoms with Crippen LogP contribution in [0.15, 0.2) is 12.2 Å². The van der Waals surface area contributed by atoms with Crippen molar-refractivity contribution in [1.82, 2.24) is 4.90 Å². The Balaban J connectivity index is 1.74. The lowest BCUT2D eigenvalue weighted by Gasteiger charge is -2.37. The van der Waals surface area contributed by atoms with Crippen molar-refractivity contribution < 1.29 is 19.5 Å². The molecule has 1 heterocycles. The summed E-state index contributed by atoms with van der Waals surface area (Å²) in [4.78, 5) is 37.0. The summed E-state index contributed by atoms with van der Waals surface area (Å²) in [6, 6.07) is -1.05. The van der Waals surface area contributed by atoms with Crippen LogP contribution >= 0.6 is 0 Å². The summed E-state index contributed by atoms with van der Waals surface area (Å²) in [6.45, 7) is 1.41. The van der Waals surface area contributed by atoms with E-state index in [2.05, 4.69) is 12.2 Å². The molecule has 7 atom stereocenters. The number of carbonyl (C=O) groups is 3. The van der Waals surface area contributed by atoms with E-state index in [1.165, 1.54) is 6.92 Å². The molecule has 0 unspecified atom stereocenters. The fourth-order valence-corrected chi connectivity index (χ4v) is 4.47. The third-order valence-corrected chi connectivity index (χ3v) is 5.44. The van der Waals surface area contributed by atoms with Gasteiger partial charge in [0, 0.05) is 0 Å². The van der Waals surface area contributed by atoms with E-state index in [1.807, 2.05) is 0 Å². The van der Waals surface area contributed by atoms with Crippen molar-refractivity contribution in [2.75, 3.05) is 0 Å². The van der Waals surface area contributed by atoms with Gasteiger partial charge in [0.1, 0.15) is 6.04 Å². The van der Waals surface area contributed by atoms with E-state index in [9.17, 15) is 14.4 Å². The minimum Gasteiger partial charge on any atom is -0.480 e. The molecule has 0 spiro atoms. The number of rotatable bonds is 2. The van der Waals surface area contributed by atoms with E-state index in [0.717, 1.165) is 11.3 Å². The molecule has 5 heteroatoms. The molecule has 100 valence electrons. The Bertz CT molecular complexity index is 504. The first kappa shape index (κ1) is 11.2. The molecule has 4 aliphatic carbocycles. The van der Waals surface area contributed by atoms with Gasteiger partial charge in [0.05, 0.1) is 11.8 Å².